The highest BCUT2D eigenvalue weighted by atomic mass is 19.1. The zero-order valence-electron chi connectivity index (χ0n) is 15.7. The van der Waals surface area contributed by atoms with Crippen molar-refractivity contribution in [3.05, 3.63) is 72.0 Å². The fourth-order valence-electron chi connectivity index (χ4n) is 2.75. The number of benzene rings is 3. The van der Waals surface area contributed by atoms with E-state index in [0.29, 0.717) is 17.0 Å². The second-order valence-corrected chi connectivity index (χ2v) is 6.67. The van der Waals surface area contributed by atoms with Crippen LogP contribution in [0.5, 0.6) is 5.75 Å². The van der Waals surface area contributed by atoms with Crippen molar-refractivity contribution < 1.29 is 18.7 Å². The van der Waals surface area contributed by atoms with Gasteiger partial charge in [-0.15, -0.1) is 0 Å². The van der Waals surface area contributed by atoms with E-state index in [1.54, 1.807) is 12.1 Å². The Morgan fingerprint density at radius 2 is 1.64 bits per heavy atom. The molecule has 5 nitrogen and oxygen atoms in total. The molecule has 6 heteroatoms. The number of halogens is 1. The molecule has 0 aromatic heterocycles. The molecule has 3 aromatic rings. The minimum Gasteiger partial charge on any atom is -0.483 e. The first-order valence-electron chi connectivity index (χ1n) is 8.94. The number of fused-ring (bicyclic) bond motifs is 1. The van der Waals surface area contributed by atoms with Crippen LogP contribution in [0.1, 0.15) is 24.2 Å². The van der Waals surface area contributed by atoms with Crippen LogP contribution in [0, 0.1) is 5.82 Å². The van der Waals surface area contributed by atoms with Crippen LogP contribution in [0.4, 0.5) is 10.1 Å². The fourth-order valence-corrected chi connectivity index (χ4v) is 2.75. The van der Waals surface area contributed by atoms with Crippen molar-refractivity contribution in [2.75, 3.05) is 11.9 Å². The molecule has 0 bridgehead atoms. The summed E-state index contributed by atoms with van der Waals surface area (Å²) >= 11 is 0. The number of carbonyl (C=O) groups is 2. The van der Waals surface area contributed by atoms with E-state index >= 15 is 0 Å². The molecule has 28 heavy (non-hydrogen) atoms. The van der Waals surface area contributed by atoms with E-state index in [4.69, 9.17) is 4.74 Å². The average molecular weight is 380 g/mol. The zero-order valence-corrected chi connectivity index (χ0v) is 15.7. The van der Waals surface area contributed by atoms with Crippen LogP contribution >= 0.6 is 0 Å². The zero-order chi connectivity index (χ0) is 20.1. The maximum atomic E-state index is 13.1. The van der Waals surface area contributed by atoms with Crippen molar-refractivity contribution in [1.82, 2.24) is 5.32 Å². The van der Waals surface area contributed by atoms with E-state index in [-0.39, 0.29) is 24.4 Å². The van der Waals surface area contributed by atoms with Gasteiger partial charge in [-0.1, -0.05) is 24.3 Å². The van der Waals surface area contributed by atoms with Crippen LogP contribution < -0.4 is 15.4 Å². The Bertz CT molecular complexity index is 1000. The van der Waals surface area contributed by atoms with Crippen LogP contribution in [0.3, 0.4) is 0 Å². The molecule has 0 aliphatic carbocycles. The lowest BCUT2D eigenvalue weighted by atomic mass is 10.1. The molecule has 144 valence electrons. The van der Waals surface area contributed by atoms with E-state index < -0.39 is 5.91 Å². The van der Waals surface area contributed by atoms with Gasteiger partial charge in [0.1, 0.15) is 11.6 Å². The molecule has 0 saturated carbocycles. The Hall–Kier alpha value is -3.41. The molecule has 0 radical (unpaired) electrons. The summed E-state index contributed by atoms with van der Waals surface area (Å²) < 4.78 is 18.7. The molecule has 0 aliphatic rings. The summed E-state index contributed by atoms with van der Waals surface area (Å²) in [5, 5.41) is 7.22. The Labute approximate surface area is 162 Å². The van der Waals surface area contributed by atoms with Crippen LogP contribution in [0.2, 0.25) is 0 Å². The lowest BCUT2D eigenvalue weighted by Crippen LogP contribution is -2.34. The van der Waals surface area contributed by atoms with Gasteiger partial charge in [0, 0.05) is 11.7 Å². The highest BCUT2D eigenvalue weighted by Gasteiger charge is 2.16. The van der Waals surface area contributed by atoms with E-state index in [1.807, 2.05) is 38.1 Å². The number of carbonyl (C=O) groups excluding carboxylic acids is 2. The maximum Gasteiger partial charge on any atom is 0.259 e. The summed E-state index contributed by atoms with van der Waals surface area (Å²) in [6, 6.07) is 16.5. The molecule has 3 rings (SSSR count). The largest absolute Gasteiger partial charge is 0.483 e. The first kappa shape index (κ1) is 19.4. The molecule has 0 fully saturated rings. The predicted molar refractivity (Wildman–Crippen MR) is 107 cm³/mol. The maximum absolute atomic E-state index is 13.1. The minimum absolute atomic E-state index is 0.00560. The van der Waals surface area contributed by atoms with Gasteiger partial charge < -0.3 is 15.4 Å². The predicted octanol–water partition coefficient (Wildman–Crippen LogP) is 4.13. The second kappa shape index (κ2) is 8.52. The molecule has 2 N–H and O–H groups in total. The van der Waals surface area contributed by atoms with E-state index in [9.17, 15) is 14.0 Å². The third-order valence-electron chi connectivity index (χ3n) is 4.00. The Kier molecular flexibility index (Phi) is 5.89. The Morgan fingerprint density at radius 1 is 1.00 bits per heavy atom. The summed E-state index contributed by atoms with van der Waals surface area (Å²) in [4.78, 5) is 24.7. The number of rotatable bonds is 6. The molecule has 0 unspecified atom stereocenters. The van der Waals surface area contributed by atoms with Crippen molar-refractivity contribution in [1.29, 1.82) is 0 Å². The Morgan fingerprint density at radius 3 is 2.29 bits per heavy atom. The van der Waals surface area contributed by atoms with Crippen molar-refractivity contribution >= 4 is 28.3 Å². The van der Waals surface area contributed by atoms with Crippen LogP contribution in [-0.4, -0.2) is 24.5 Å². The minimum atomic E-state index is -0.406. The van der Waals surface area contributed by atoms with Crippen molar-refractivity contribution in [2.45, 2.75) is 19.9 Å². The van der Waals surface area contributed by atoms with Gasteiger partial charge in [0.15, 0.2) is 6.61 Å². The van der Waals surface area contributed by atoms with Crippen LogP contribution in [0.25, 0.3) is 10.8 Å². The van der Waals surface area contributed by atoms with Gasteiger partial charge in [0.2, 0.25) is 0 Å². The molecular weight excluding hydrogens is 359 g/mol. The number of hydrogen-bond donors (Lipinski definition) is 2. The number of nitrogens with one attached hydrogen (secondary N) is 2. The highest BCUT2D eigenvalue weighted by Crippen LogP contribution is 2.27. The summed E-state index contributed by atoms with van der Waals surface area (Å²) in [6.07, 6.45) is 0. The summed E-state index contributed by atoms with van der Waals surface area (Å²) in [6.45, 7) is 3.51. The average Bonchev–Trinajstić information content (AvgIpc) is 2.67. The summed E-state index contributed by atoms with van der Waals surface area (Å²) in [5.74, 6) is -0.759. The van der Waals surface area contributed by atoms with E-state index in [1.165, 1.54) is 24.3 Å². The number of hydrogen-bond acceptors (Lipinski definition) is 3. The summed E-state index contributed by atoms with van der Waals surface area (Å²) in [5.41, 5.74) is 0.753. The van der Waals surface area contributed by atoms with Crippen molar-refractivity contribution in [3.8, 4) is 5.75 Å². The summed E-state index contributed by atoms with van der Waals surface area (Å²) in [7, 11) is 0. The molecule has 0 heterocycles. The van der Waals surface area contributed by atoms with E-state index in [0.717, 1.165) is 10.8 Å². The third-order valence-corrected chi connectivity index (χ3v) is 4.00. The van der Waals surface area contributed by atoms with Gasteiger partial charge in [-0.05, 0) is 61.0 Å². The smallest absolute Gasteiger partial charge is 0.259 e. The Balaban J connectivity index is 1.88. The second-order valence-electron chi connectivity index (χ2n) is 6.67. The standard InChI is InChI=1S/C22H21FN2O3/c1-14(2)24-21(26)13-28-20-12-16-6-4-3-5-15(16)11-19(20)22(27)25-18-9-7-17(23)8-10-18/h3-12,14H,13H2,1-2H3,(H,24,26)(H,25,27). The lowest BCUT2D eigenvalue weighted by molar-refractivity contribution is -0.123. The SMILES string of the molecule is CC(C)NC(=O)COc1cc2ccccc2cc1C(=O)Nc1ccc(F)cc1. The lowest BCUT2D eigenvalue weighted by Gasteiger charge is -2.14. The van der Waals surface area contributed by atoms with Crippen LogP contribution in [-0.2, 0) is 4.79 Å². The molecule has 0 saturated heterocycles. The van der Waals surface area contributed by atoms with Gasteiger partial charge in [0.05, 0.1) is 5.56 Å². The highest BCUT2D eigenvalue weighted by molar-refractivity contribution is 6.08. The monoisotopic (exact) mass is 380 g/mol. The molecule has 3 aromatic carbocycles. The molecule has 0 atom stereocenters. The van der Waals surface area contributed by atoms with Gasteiger partial charge in [0.25, 0.3) is 11.8 Å². The van der Waals surface area contributed by atoms with Crippen molar-refractivity contribution in [2.24, 2.45) is 0 Å². The quantitative estimate of drug-likeness (QED) is 0.676. The molecular formula is C22H21FN2O3. The molecule has 0 spiro atoms. The van der Waals surface area contributed by atoms with E-state index in [2.05, 4.69) is 10.6 Å². The van der Waals surface area contributed by atoms with Crippen molar-refractivity contribution in [3.63, 3.8) is 0 Å². The fraction of sp³-hybridized carbons (Fsp3) is 0.182. The molecule has 0 aliphatic heterocycles. The molecule has 2 amide bonds. The topological polar surface area (TPSA) is 67.4 Å². The van der Waals surface area contributed by atoms with Gasteiger partial charge >= 0.3 is 0 Å². The number of amides is 2. The first-order chi connectivity index (χ1) is 13.4. The van der Waals surface area contributed by atoms with Crippen LogP contribution in [0.15, 0.2) is 60.7 Å². The van der Waals surface area contributed by atoms with Gasteiger partial charge in [-0.3, -0.25) is 9.59 Å². The third kappa shape index (κ3) is 4.85. The number of ether oxygens (including phenoxy) is 1. The normalized spacial score (nSPS) is 10.7. The first-order valence-corrected chi connectivity index (χ1v) is 8.94. The van der Waals surface area contributed by atoms with Gasteiger partial charge in [-0.2, -0.15) is 0 Å². The number of anilines is 1. The van der Waals surface area contributed by atoms with Gasteiger partial charge in [-0.25, -0.2) is 4.39 Å².